The van der Waals surface area contributed by atoms with E-state index >= 15 is 0 Å². The van der Waals surface area contributed by atoms with Crippen molar-refractivity contribution in [3.63, 3.8) is 0 Å². The summed E-state index contributed by atoms with van der Waals surface area (Å²) in [5.74, 6) is 0.618. The van der Waals surface area contributed by atoms with Crippen LogP contribution < -0.4 is 10.6 Å². The van der Waals surface area contributed by atoms with Crippen LogP contribution in [0.15, 0.2) is 18.2 Å². The van der Waals surface area contributed by atoms with Gasteiger partial charge in [-0.2, -0.15) is 0 Å². The van der Waals surface area contributed by atoms with Gasteiger partial charge in [0.1, 0.15) is 0 Å². The average Bonchev–Trinajstić information content (AvgIpc) is 2.71. The van der Waals surface area contributed by atoms with Gasteiger partial charge >= 0.3 is 0 Å². The number of hydrogen-bond acceptors (Lipinski definition) is 4. The maximum Gasteiger partial charge on any atom is 0.251 e. The van der Waals surface area contributed by atoms with Crippen molar-refractivity contribution in [2.75, 3.05) is 13.1 Å². The number of aromatic nitrogens is 2. The monoisotopic (exact) mass is 382 g/mol. The molecule has 2 amide bonds. The Morgan fingerprint density at radius 1 is 0.964 bits per heavy atom. The minimum absolute atomic E-state index is 0.0756. The van der Waals surface area contributed by atoms with Gasteiger partial charge in [0.25, 0.3) is 5.91 Å². The molecule has 0 unspecified atom stereocenters. The Hall–Kier alpha value is -2.50. The summed E-state index contributed by atoms with van der Waals surface area (Å²) < 4.78 is 0. The number of rotatable bonds is 7. The fraction of sp³-hybridized carbons (Fsp3) is 0.545. The molecule has 2 N–H and O–H groups in total. The van der Waals surface area contributed by atoms with Gasteiger partial charge in [-0.1, -0.05) is 32.1 Å². The summed E-state index contributed by atoms with van der Waals surface area (Å²) in [5, 5.41) is 5.75. The van der Waals surface area contributed by atoms with Crippen molar-refractivity contribution in [1.29, 1.82) is 0 Å². The lowest BCUT2D eigenvalue weighted by molar-refractivity contribution is -0.121. The lowest BCUT2D eigenvalue weighted by Gasteiger charge is -2.20. The molecule has 6 heteroatoms. The Morgan fingerprint density at radius 3 is 2.39 bits per heavy atom. The number of hydrogen-bond donors (Lipinski definition) is 2. The Morgan fingerprint density at radius 2 is 1.64 bits per heavy atom. The van der Waals surface area contributed by atoms with Crippen molar-refractivity contribution >= 4 is 22.8 Å². The first-order valence-electron chi connectivity index (χ1n) is 10.3. The van der Waals surface area contributed by atoms with E-state index in [1.54, 1.807) is 12.1 Å². The SMILES string of the molecule is Cc1nc2ccc(C(=O)NCCNC(=O)CCC3CCCCC3)cc2nc1C. The first-order chi connectivity index (χ1) is 13.5. The normalized spacial score (nSPS) is 14.8. The van der Waals surface area contributed by atoms with Gasteiger partial charge in [-0.25, -0.2) is 9.97 Å². The van der Waals surface area contributed by atoms with Gasteiger partial charge in [-0.05, 0) is 44.4 Å². The second-order valence-corrected chi connectivity index (χ2v) is 7.75. The molecule has 2 aromatic rings. The Balaban J connectivity index is 1.41. The van der Waals surface area contributed by atoms with E-state index in [4.69, 9.17) is 0 Å². The van der Waals surface area contributed by atoms with E-state index in [-0.39, 0.29) is 11.8 Å². The van der Waals surface area contributed by atoms with Gasteiger partial charge in [-0.15, -0.1) is 0 Å². The first kappa shape index (κ1) is 20.2. The van der Waals surface area contributed by atoms with Crippen LogP contribution in [-0.4, -0.2) is 34.9 Å². The van der Waals surface area contributed by atoms with E-state index in [2.05, 4.69) is 20.6 Å². The molecular weight excluding hydrogens is 352 g/mol. The van der Waals surface area contributed by atoms with E-state index < -0.39 is 0 Å². The number of carbonyl (C=O) groups is 2. The summed E-state index contributed by atoms with van der Waals surface area (Å²) in [6.07, 6.45) is 8.04. The zero-order valence-corrected chi connectivity index (χ0v) is 16.9. The fourth-order valence-corrected chi connectivity index (χ4v) is 3.75. The Bertz CT molecular complexity index is 844. The van der Waals surface area contributed by atoms with Crippen molar-refractivity contribution < 1.29 is 9.59 Å². The predicted octanol–water partition coefficient (Wildman–Crippen LogP) is 3.45. The number of nitrogens with one attached hydrogen (secondary N) is 2. The molecule has 28 heavy (non-hydrogen) atoms. The highest BCUT2D eigenvalue weighted by Crippen LogP contribution is 2.27. The molecule has 6 nitrogen and oxygen atoms in total. The molecule has 0 spiro atoms. The minimum Gasteiger partial charge on any atom is -0.354 e. The number of fused-ring (bicyclic) bond motifs is 1. The zero-order valence-electron chi connectivity index (χ0n) is 16.9. The Labute approximate surface area is 166 Å². The van der Waals surface area contributed by atoms with Crippen LogP contribution in [0.4, 0.5) is 0 Å². The van der Waals surface area contributed by atoms with Crippen molar-refractivity contribution in [3.8, 4) is 0 Å². The van der Waals surface area contributed by atoms with Crippen LogP contribution in [0.1, 0.15) is 66.7 Å². The quantitative estimate of drug-likeness (QED) is 0.719. The third kappa shape index (κ3) is 5.50. The molecule has 0 radical (unpaired) electrons. The Kier molecular flexibility index (Phi) is 6.95. The lowest BCUT2D eigenvalue weighted by Crippen LogP contribution is -2.34. The van der Waals surface area contributed by atoms with E-state index in [1.165, 1.54) is 32.1 Å². The smallest absolute Gasteiger partial charge is 0.251 e. The van der Waals surface area contributed by atoms with Crippen molar-refractivity contribution in [1.82, 2.24) is 20.6 Å². The average molecular weight is 383 g/mol. The van der Waals surface area contributed by atoms with Crippen LogP contribution in [0.25, 0.3) is 11.0 Å². The highest BCUT2D eigenvalue weighted by Gasteiger charge is 2.14. The largest absolute Gasteiger partial charge is 0.354 e. The molecule has 1 saturated carbocycles. The van der Waals surface area contributed by atoms with Gasteiger partial charge in [0, 0.05) is 25.1 Å². The molecular formula is C22H30N4O2. The van der Waals surface area contributed by atoms with Crippen LogP contribution in [-0.2, 0) is 4.79 Å². The number of aryl methyl sites for hydroxylation is 2. The first-order valence-corrected chi connectivity index (χ1v) is 10.3. The molecule has 0 aliphatic heterocycles. The molecule has 1 aromatic carbocycles. The summed E-state index contributed by atoms with van der Waals surface area (Å²) in [4.78, 5) is 33.3. The van der Waals surface area contributed by atoms with Gasteiger partial charge in [0.15, 0.2) is 0 Å². The summed E-state index contributed by atoms with van der Waals surface area (Å²) >= 11 is 0. The summed E-state index contributed by atoms with van der Waals surface area (Å²) in [6.45, 7) is 4.68. The van der Waals surface area contributed by atoms with Gasteiger partial charge in [0.05, 0.1) is 22.4 Å². The van der Waals surface area contributed by atoms with Crippen LogP contribution in [0.3, 0.4) is 0 Å². The predicted molar refractivity (Wildman–Crippen MR) is 110 cm³/mol. The van der Waals surface area contributed by atoms with Crippen LogP contribution >= 0.6 is 0 Å². The van der Waals surface area contributed by atoms with E-state index in [0.29, 0.717) is 36.5 Å². The summed E-state index contributed by atoms with van der Waals surface area (Å²) in [6, 6.07) is 5.33. The van der Waals surface area contributed by atoms with Gasteiger partial charge in [-0.3, -0.25) is 9.59 Å². The maximum absolute atomic E-state index is 12.3. The highest BCUT2D eigenvalue weighted by molar-refractivity contribution is 5.97. The molecule has 1 fully saturated rings. The molecule has 0 bridgehead atoms. The van der Waals surface area contributed by atoms with Crippen LogP contribution in [0.2, 0.25) is 0 Å². The fourth-order valence-electron chi connectivity index (χ4n) is 3.75. The number of nitrogens with zero attached hydrogens (tertiary/aromatic N) is 2. The number of carbonyl (C=O) groups excluding carboxylic acids is 2. The molecule has 1 aromatic heterocycles. The molecule has 0 atom stereocenters. The number of benzene rings is 1. The van der Waals surface area contributed by atoms with Crippen molar-refractivity contribution in [2.45, 2.75) is 58.8 Å². The molecule has 1 aliphatic carbocycles. The van der Waals surface area contributed by atoms with Gasteiger partial charge in [0.2, 0.25) is 5.91 Å². The van der Waals surface area contributed by atoms with E-state index in [0.717, 1.165) is 23.3 Å². The maximum atomic E-state index is 12.3. The molecule has 3 rings (SSSR count). The van der Waals surface area contributed by atoms with Gasteiger partial charge < -0.3 is 10.6 Å². The van der Waals surface area contributed by atoms with Crippen molar-refractivity contribution in [2.24, 2.45) is 5.92 Å². The standard InChI is InChI=1S/C22H30N4O2/c1-15-16(2)26-20-14-18(9-10-19(20)25-15)22(28)24-13-12-23-21(27)11-8-17-6-4-3-5-7-17/h9-10,14,17H,3-8,11-13H2,1-2H3,(H,23,27)(H,24,28). The topological polar surface area (TPSA) is 84.0 Å². The van der Waals surface area contributed by atoms with Crippen molar-refractivity contribution in [3.05, 3.63) is 35.2 Å². The minimum atomic E-state index is -0.168. The summed E-state index contributed by atoms with van der Waals surface area (Å²) in [7, 11) is 0. The number of amides is 2. The lowest BCUT2D eigenvalue weighted by atomic mass is 9.86. The van der Waals surface area contributed by atoms with Crippen LogP contribution in [0, 0.1) is 19.8 Å². The summed E-state index contributed by atoms with van der Waals surface area (Å²) in [5.41, 5.74) is 3.80. The third-order valence-electron chi connectivity index (χ3n) is 5.57. The third-order valence-corrected chi connectivity index (χ3v) is 5.57. The molecule has 1 aliphatic rings. The van der Waals surface area contributed by atoms with E-state index in [9.17, 15) is 9.59 Å². The molecule has 1 heterocycles. The zero-order chi connectivity index (χ0) is 19.9. The highest BCUT2D eigenvalue weighted by atomic mass is 16.2. The van der Waals surface area contributed by atoms with Crippen LogP contribution in [0.5, 0.6) is 0 Å². The second-order valence-electron chi connectivity index (χ2n) is 7.75. The molecule has 0 saturated heterocycles. The second kappa shape index (κ2) is 9.62. The molecule has 150 valence electrons. The van der Waals surface area contributed by atoms with E-state index in [1.807, 2.05) is 19.9 Å².